The molecule has 0 bridgehead atoms. The summed E-state index contributed by atoms with van der Waals surface area (Å²) in [5.41, 5.74) is -0.738. The van der Waals surface area contributed by atoms with Gasteiger partial charge < -0.3 is 43.0 Å². The van der Waals surface area contributed by atoms with Crippen molar-refractivity contribution in [2.75, 3.05) is 34.5 Å². The molecule has 4 aromatic carbocycles. The molecule has 2 N–H and O–H groups in total. The van der Waals surface area contributed by atoms with E-state index < -0.39 is 64.6 Å². The molecule has 1 saturated heterocycles. The number of aromatic nitrogens is 2. The van der Waals surface area contributed by atoms with Crippen molar-refractivity contribution in [1.29, 1.82) is 0 Å². The van der Waals surface area contributed by atoms with E-state index in [0.717, 1.165) is 11.6 Å². The Labute approximate surface area is 354 Å². The summed E-state index contributed by atoms with van der Waals surface area (Å²) < 4.78 is 47.7. The van der Waals surface area contributed by atoms with E-state index in [1.54, 1.807) is 38.5 Å². The maximum absolute atomic E-state index is 13.5. The first-order chi connectivity index (χ1) is 29.9. The van der Waals surface area contributed by atoms with Crippen LogP contribution < -0.4 is 30.2 Å². The number of nitro benzene ring substituents is 1. The molecule has 3 atom stereocenters. The van der Waals surface area contributed by atoms with Crippen LogP contribution in [0.5, 0.6) is 23.0 Å². The molecule has 1 fully saturated rings. The van der Waals surface area contributed by atoms with Crippen molar-refractivity contribution in [3.8, 4) is 23.0 Å². The summed E-state index contributed by atoms with van der Waals surface area (Å²) in [5.74, 6) is 0.285. The first-order valence-electron chi connectivity index (χ1n) is 19.4. The number of ether oxygens (including phenoxy) is 8. The van der Waals surface area contributed by atoms with Crippen LogP contribution in [0.3, 0.4) is 0 Å². The largest absolute Gasteiger partial charge is 0.508 e. The topological polar surface area (TPSA) is 226 Å². The van der Waals surface area contributed by atoms with Gasteiger partial charge in [0.1, 0.15) is 42.1 Å². The number of H-pyrrole nitrogens is 1. The first kappa shape index (κ1) is 44.4. The second-order valence-electron chi connectivity index (χ2n) is 14.1. The Kier molecular flexibility index (Phi) is 14.3. The van der Waals surface area contributed by atoms with E-state index in [2.05, 4.69) is 4.98 Å². The summed E-state index contributed by atoms with van der Waals surface area (Å²) in [6, 6.07) is 26.5. The van der Waals surface area contributed by atoms with E-state index >= 15 is 0 Å². The molecule has 18 nitrogen and oxygen atoms in total. The number of nitro groups is 1. The molecule has 0 radical (unpaired) electrons. The Morgan fingerprint density at radius 2 is 1.53 bits per heavy atom. The lowest BCUT2D eigenvalue weighted by Crippen LogP contribution is -2.39. The van der Waals surface area contributed by atoms with Gasteiger partial charge in [-0.15, -0.1) is 0 Å². The highest BCUT2D eigenvalue weighted by atomic mass is 16.7. The molecule has 1 aliphatic heterocycles. The van der Waals surface area contributed by atoms with E-state index in [-0.39, 0.29) is 55.1 Å². The number of nitrogens with one attached hydrogen (secondary N) is 1. The quantitative estimate of drug-likeness (QED) is 0.0317. The van der Waals surface area contributed by atoms with E-state index in [0.29, 0.717) is 22.6 Å². The molecule has 2 heterocycles. The summed E-state index contributed by atoms with van der Waals surface area (Å²) in [6.45, 7) is 0.636. The van der Waals surface area contributed by atoms with Crippen LogP contribution in [-0.4, -0.2) is 78.5 Å². The van der Waals surface area contributed by atoms with Crippen molar-refractivity contribution >= 4 is 17.8 Å². The van der Waals surface area contributed by atoms with Gasteiger partial charge in [-0.25, -0.2) is 9.59 Å². The number of methoxy groups -OCH3 is 3. The average molecular weight is 856 g/mol. The highest BCUT2D eigenvalue weighted by Crippen LogP contribution is 2.43. The Hall–Kier alpha value is -7.18. The van der Waals surface area contributed by atoms with Crippen molar-refractivity contribution in [3.63, 3.8) is 0 Å². The monoisotopic (exact) mass is 855 g/mol. The minimum Gasteiger partial charge on any atom is -0.497 e. The van der Waals surface area contributed by atoms with Crippen LogP contribution in [0.4, 0.5) is 10.5 Å². The lowest BCUT2D eigenvalue weighted by atomic mass is 9.80. The molecular formula is C44H45N3O15. The average Bonchev–Trinajstić information content (AvgIpc) is 3.67. The fourth-order valence-corrected chi connectivity index (χ4v) is 7.08. The second kappa shape index (κ2) is 19.9. The van der Waals surface area contributed by atoms with Crippen molar-refractivity contribution in [3.05, 3.63) is 156 Å². The number of hydrogen-bond donors (Lipinski definition) is 2. The molecule has 6 rings (SSSR count). The Morgan fingerprint density at radius 1 is 0.903 bits per heavy atom. The summed E-state index contributed by atoms with van der Waals surface area (Å²) >= 11 is 0. The van der Waals surface area contributed by atoms with E-state index in [1.807, 2.05) is 54.6 Å². The van der Waals surface area contributed by atoms with Gasteiger partial charge in [0.2, 0.25) is 0 Å². The van der Waals surface area contributed by atoms with Gasteiger partial charge in [0, 0.05) is 24.6 Å². The van der Waals surface area contributed by atoms with Crippen LogP contribution in [-0.2, 0) is 35.9 Å². The van der Waals surface area contributed by atoms with Crippen LogP contribution in [0, 0.1) is 17.0 Å². The van der Waals surface area contributed by atoms with Crippen molar-refractivity contribution < 1.29 is 57.5 Å². The Morgan fingerprint density at radius 3 is 2.11 bits per heavy atom. The van der Waals surface area contributed by atoms with Crippen LogP contribution in [0.2, 0.25) is 0 Å². The number of aryl methyl sites for hydroxylation is 1. The summed E-state index contributed by atoms with van der Waals surface area (Å²) in [7, 11) is 4.44. The smallest absolute Gasteiger partial charge is 0.497 e. The van der Waals surface area contributed by atoms with Gasteiger partial charge in [0.25, 0.3) is 11.2 Å². The molecule has 0 saturated carbocycles. The van der Waals surface area contributed by atoms with Crippen molar-refractivity contribution in [1.82, 2.24) is 9.55 Å². The van der Waals surface area contributed by atoms with E-state index in [4.69, 9.17) is 43.0 Å². The summed E-state index contributed by atoms with van der Waals surface area (Å²) in [4.78, 5) is 63.4. The number of aliphatic carboxylic acids is 1. The normalized spacial score (nSPS) is 16.0. The number of hydrogen-bond acceptors (Lipinski definition) is 14. The molecule has 0 unspecified atom stereocenters. The number of rotatable bonds is 19. The molecule has 0 spiro atoms. The van der Waals surface area contributed by atoms with Gasteiger partial charge in [-0.05, 0) is 60.4 Å². The van der Waals surface area contributed by atoms with Crippen LogP contribution in [0.1, 0.15) is 53.3 Å². The minimum atomic E-state index is -1.30. The highest BCUT2D eigenvalue weighted by molar-refractivity contribution is 5.66. The number of carboxylic acid groups (broad SMARTS) is 1. The molecule has 0 amide bonds. The Balaban J connectivity index is 1.31. The van der Waals surface area contributed by atoms with Crippen molar-refractivity contribution in [2.45, 2.75) is 56.8 Å². The third-order valence-electron chi connectivity index (χ3n) is 10.2. The number of carbonyl (C=O) groups is 2. The maximum atomic E-state index is 13.5. The molecule has 18 heteroatoms. The van der Waals surface area contributed by atoms with Crippen LogP contribution in [0.15, 0.2) is 107 Å². The lowest BCUT2D eigenvalue weighted by molar-refractivity contribution is -0.385. The zero-order valence-corrected chi connectivity index (χ0v) is 34.3. The molecule has 1 aliphatic rings. The SMILES string of the molecule is COc1ccc(C(OC[C@H]2O[C@@H](n3cc(C)c(=O)[nH]c3=O)C[C@@H]2OC(=O)OCc2cc(OC)c(OCCCC(=O)O)cc2[N+](=O)[O-])(c2ccccc2)c2ccc(OC)cc2)cc1. The standard InChI is InChI=1S/C44H45N3O15/c1-27-24-46(42(51)45-41(27)50)39-23-37(62-43(52)59-25-28-21-35(57-4)36(22-34(28)47(53)54)58-20-8-11-40(48)49)38(61-39)26-60-44(29-9-6-5-7-10-29,30-12-16-32(55-2)17-13-30)31-14-18-33(56-3)19-15-31/h5-7,9-10,12-19,21-22,24,37-39H,8,11,20,23,25-26H2,1-4H3,(H,48,49)(H,45,50,51)/t37-,38+,39+/m0/s1. The third kappa shape index (κ3) is 10.0. The zero-order valence-electron chi connectivity index (χ0n) is 34.3. The van der Waals surface area contributed by atoms with Gasteiger partial charge in [-0.1, -0.05) is 54.6 Å². The van der Waals surface area contributed by atoms with Crippen LogP contribution >= 0.6 is 0 Å². The molecular weight excluding hydrogens is 810 g/mol. The van der Waals surface area contributed by atoms with Gasteiger partial charge in [0.05, 0.1) is 51.1 Å². The highest BCUT2D eigenvalue weighted by Gasteiger charge is 2.44. The maximum Gasteiger partial charge on any atom is 0.508 e. The molecule has 0 aliphatic carbocycles. The lowest BCUT2D eigenvalue weighted by Gasteiger charge is -2.37. The van der Waals surface area contributed by atoms with Crippen LogP contribution in [0.25, 0.3) is 0 Å². The van der Waals surface area contributed by atoms with Gasteiger partial charge in [0.15, 0.2) is 11.5 Å². The zero-order chi connectivity index (χ0) is 44.4. The molecule has 326 valence electrons. The fourth-order valence-electron chi connectivity index (χ4n) is 7.08. The van der Waals surface area contributed by atoms with E-state index in [9.17, 15) is 29.3 Å². The number of nitrogens with zero attached hydrogens (tertiary/aromatic N) is 2. The molecule has 1 aromatic heterocycles. The number of carbonyl (C=O) groups excluding carboxylic acids is 1. The number of aromatic amines is 1. The molecule has 62 heavy (non-hydrogen) atoms. The molecule has 5 aromatic rings. The summed E-state index contributed by atoms with van der Waals surface area (Å²) in [6.07, 6.45) is -3.16. The second-order valence-corrected chi connectivity index (χ2v) is 14.1. The Bertz CT molecular complexity index is 2420. The number of carboxylic acids is 1. The first-order valence-corrected chi connectivity index (χ1v) is 19.4. The van der Waals surface area contributed by atoms with Gasteiger partial charge in [-0.2, -0.15) is 0 Å². The predicted octanol–water partition coefficient (Wildman–Crippen LogP) is 6.04. The third-order valence-corrected chi connectivity index (χ3v) is 10.2. The predicted molar refractivity (Wildman–Crippen MR) is 220 cm³/mol. The fraction of sp³-hybridized carbons (Fsp3) is 0.318. The minimum absolute atomic E-state index is 0.00324. The van der Waals surface area contributed by atoms with Gasteiger partial charge in [-0.3, -0.25) is 29.3 Å². The van der Waals surface area contributed by atoms with E-state index in [1.165, 1.54) is 30.9 Å². The number of benzene rings is 4. The van der Waals surface area contributed by atoms with Crippen molar-refractivity contribution in [2.24, 2.45) is 0 Å². The summed E-state index contributed by atoms with van der Waals surface area (Å²) in [5, 5.41) is 21.0. The van der Waals surface area contributed by atoms with Gasteiger partial charge >= 0.3 is 17.8 Å².